The Bertz CT molecular complexity index is 1360. The monoisotopic (exact) mass is 372 g/mol. The predicted octanol–water partition coefficient (Wildman–Crippen LogP) is 7.31. The molecule has 0 unspecified atom stereocenters. The predicted molar refractivity (Wildman–Crippen MR) is 111 cm³/mol. The van der Waals surface area contributed by atoms with Crippen LogP contribution >= 0.6 is 11.6 Å². The number of fused-ring (bicyclic) bond motifs is 4. The summed E-state index contributed by atoms with van der Waals surface area (Å²) in [5.74, 6) is -0.377. The lowest BCUT2D eigenvalue weighted by Crippen LogP contribution is -1.91. The van der Waals surface area contributed by atoms with Crippen molar-refractivity contribution in [3.8, 4) is 16.9 Å². The average molecular weight is 373 g/mol. The molecule has 0 aromatic heterocycles. The fourth-order valence-corrected chi connectivity index (χ4v) is 4.09. The van der Waals surface area contributed by atoms with E-state index >= 15 is 4.39 Å². The Morgan fingerprint density at radius 2 is 1.33 bits per heavy atom. The standard InChI is InChI=1S/C24H14ClFO/c25-20-13-21(26)23(19-12-10-15-6-2-4-8-17(15)24(19)27)22-16-7-3-1-5-14(16)9-11-18(20)22/h1-13,27H. The first kappa shape index (κ1) is 16.1. The van der Waals surface area contributed by atoms with Crippen molar-refractivity contribution < 1.29 is 9.50 Å². The summed E-state index contributed by atoms with van der Waals surface area (Å²) in [6.45, 7) is 0. The van der Waals surface area contributed by atoms with Gasteiger partial charge in [-0.05, 0) is 28.3 Å². The van der Waals surface area contributed by atoms with E-state index in [-0.39, 0.29) is 5.75 Å². The van der Waals surface area contributed by atoms with Crippen LogP contribution in [0.2, 0.25) is 5.02 Å². The number of hydrogen-bond donors (Lipinski definition) is 1. The molecule has 0 radical (unpaired) electrons. The highest BCUT2D eigenvalue weighted by molar-refractivity contribution is 6.37. The summed E-state index contributed by atoms with van der Waals surface area (Å²) in [6.07, 6.45) is 0. The van der Waals surface area contributed by atoms with Gasteiger partial charge in [-0.15, -0.1) is 0 Å². The molecule has 130 valence electrons. The topological polar surface area (TPSA) is 20.2 Å². The summed E-state index contributed by atoms with van der Waals surface area (Å²) in [7, 11) is 0. The number of phenols is 1. The zero-order chi connectivity index (χ0) is 18.5. The molecule has 0 fully saturated rings. The highest BCUT2D eigenvalue weighted by Crippen LogP contribution is 2.44. The second-order valence-corrected chi connectivity index (χ2v) is 7.01. The van der Waals surface area contributed by atoms with Gasteiger partial charge in [-0.2, -0.15) is 0 Å². The summed E-state index contributed by atoms with van der Waals surface area (Å²) in [6, 6.07) is 24.2. The molecule has 0 heterocycles. The van der Waals surface area contributed by atoms with E-state index in [2.05, 4.69) is 0 Å². The van der Waals surface area contributed by atoms with Gasteiger partial charge in [-0.3, -0.25) is 0 Å². The molecule has 0 amide bonds. The van der Waals surface area contributed by atoms with E-state index in [0.29, 0.717) is 26.9 Å². The summed E-state index contributed by atoms with van der Waals surface area (Å²) in [5, 5.41) is 16.3. The van der Waals surface area contributed by atoms with Crippen LogP contribution in [0.1, 0.15) is 0 Å². The first-order valence-corrected chi connectivity index (χ1v) is 9.03. The van der Waals surface area contributed by atoms with Gasteiger partial charge >= 0.3 is 0 Å². The second kappa shape index (κ2) is 5.97. The average Bonchev–Trinajstić information content (AvgIpc) is 2.69. The lowest BCUT2D eigenvalue weighted by atomic mass is 9.91. The Hall–Kier alpha value is -3.10. The first-order valence-electron chi connectivity index (χ1n) is 8.65. The molecule has 1 nitrogen and oxygen atoms in total. The first-order chi connectivity index (χ1) is 13.1. The Morgan fingerprint density at radius 1 is 0.704 bits per heavy atom. The van der Waals surface area contributed by atoms with Gasteiger partial charge in [0.2, 0.25) is 0 Å². The van der Waals surface area contributed by atoms with Crippen LogP contribution in [0, 0.1) is 5.82 Å². The lowest BCUT2D eigenvalue weighted by Gasteiger charge is -2.15. The van der Waals surface area contributed by atoms with E-state index in [1.165, 1.54) is 6.07 Å². The molecule has 27 heavy (non-hydrogen) atoms. The molecule has 0 aliphatic heterocycles. The fourth-order valence-electron chi connectivity index (χ4n) is 3.84. The summed E-state index contributed by atoms with van der Waals surface area (Å²) in [4.78, 5) is 0. The van der Waals surface area contributed by atoms with Crippen molar-refractivity contribution in [2.24, 2.45) is 0 Å². The molecule has 0 spiro atoms. The molecule has 5 aromatic rings. The van der Waals surface area contributed by atoms with Crippen molar-refractivity contribution >= 4 is 43.9 Å². The third kappa shape index (κ3) is 2.37. The van der Waals surface area contributed by atoms with Gasteiger partial charge in [0.1, 0.15) is 11.6 Å². The van der Waals surface area contributed by atoms with Gasteiger partial charge in [0.15, 0.2) is 0 Å². The van der Waals surface area contributed by atoms with Gasteiger partial charge < -0.3 is 5.11 Å². The Balaban J connectivity index is 2.00. The van der Waals surface area contributed by atoms with Crippen molar-refractivity contribution in [1.29, 1.82) is 0 Å². The maximum atomic E-state index is 15.2. The van der Waals surface area contributed by atoms with Crippen LogP contribution in [-0.2, 0) is 0 Å². The van der Waals surface area contributed by atoms with Crippen LogP contribution in [0.3, 0.4) is 0 Å². The van der Waals surface area contributed by atoms with Crippen LogP contribution < -0.4 is 0 Å². The highest BCUT2D eigenvalue weighted by atomic mass is 35.5. The Morgan fingerprint density at radius 3 is 2.11 bits per heavy atom. The van der Waals surface area contributed by atoms with Crippen LogP contribution in [0.25, 0.3) is 43.4 Å². The summed E-state index contributed by atoms with van der Waals surface area (Å²) in [5.41, 5.74) is 0.832. The summed E-state index contributed by atoms with van der Waals surface area (Å²) >= 11 is 6.35. The Kier molecular flexibility index (Phi) is 3.56. The molecule has 0 aliphatic rings. The van der Waals surface area contributed by atoms with E-state index < -0.39 is 5.82 Å². The molecule has 0 saturated heterocycles. The second-order valence-electron chi connectivity index (χ2n) is 6.61. The molecule has 5 aromatic carbocycles. The minimum atomic E-state index is -0.450. The van der Waals surface area contributed by atoms with Crippen LogP contribution in [0.5, 0.6) is 5.75 Å². The molecule has 0 aliphatic carbocycles. The largest absolute Gasteiger partial charge is 0.507 e. The number of phenolic OH excluding ortho intramolecular Hbond substituents is 1. The van der Waals surface area contributed by atoms with Gasteiger partial charge in [0, 0.05) is 27.3 Å². The number of aromatic hydroxyl groups is 1. The van der Waals surface area contributed by atoms with E-state index in [1.54, 1.807) is 6.07 Å². The van der Waals surface area contributed by atoms with E-state index in [9.17, 15) is 5.11 Å². The quantitative estimate of drug-likeness (QED) is 0.306. The molecule has 0 saturated carbocycles. The highest BCUT2D eigenvalue weighted by Gasteiger charge is 2.19. The van der Waals surface area contributed by atoms with E-state index in [4.69, 9.17) is 11.6 Å². The van der Waals surface area contributed by atoms with Crippen LogP contribution in [0.15, 0.2) is 78.9 Å². The fraction of sp³-hybridized carbons (Fsp3) is 0. The smallest absolute Gasteiger partial charge is 0.133 e. The third-order valence-corrected chi connectivity index (χ3v) is 5.41. The number of rotatable bonds is 1. The molecule has 0 bridgehead atoms. The maximum absolute atomic E-state index is 15.2. The molecular weight excluding hydrogens is 359 g/mol. The minimum Gasteiger partial charge on any atom is -0.507 e. The molecule has 0 atom stereocenters. The van der Waals surface area contributed by atoms with E-state index in [0.717, 1.165) is 21.5 Å². The lowest BCUT2D eigenvalue weighted by molar-refractivity contribution is 0.483. The SMILES string of the molecule is Oc1c(-c2c(F)cc(Cl)c3ccc4ccccc4c23)ccc2ccccc12. The molecule has 5 rings (SSSR count). The minimum absolute atomic E-state index is 0.0727. The maximum Gasteiger partial charge on any atom is 0.133 e. The molecule has 1 N–H and O–H groups in total. The van der Waals surface area contributed by atoms with Gasteiger partial charge in [-0.1, -0.05) is 78.3 Å². The zero-order valence-electron chi connectivity index (χ0n) is 14.2. The van der Waals surface area contributed by atoms with Crippen molar-refractivity contribution in [3.05, 3.63) is 89.7 Å². The number of halogens is 2. The van der Waals surface area contributed by atoms with Gasteiger partial charge in [0.05, 0.1) is 5.02 Å². The summed E-state index contributed by atoms with van der Waals surface area (Å²) < 4.78 is 15.2. The van der Waals surface area contributed by atoms with Gasteiger partial charge in [0.25, 0.3) is 0 Å². The molecule has 3 heteroatoms. The number of hydrogen-bond acceptors (Lipinski definition) is 1. The van der Waals surface area contributed by atoms with Gasteiger partial charge in [-0.25, -0.2) is 4.39 Å². The number of benzene rings is 5. The van der Waals surface area contributed by atoms with Crippen molar-refractivity contribution in [2.45, 2.75) is 0 Å². The van der Waals surface area contributed by atoms with Crippen molar-refractivity contribution in [1.82, 2.24) is 0 Å². The van der Waals surface area contributed by atoms with Crippen molar-refractivity contribution in [2.75, 3.05) is 0 Å². The normalized spacial score (nSPS) is 11.5. The Labute approximate surface area is 160 Å². The zero-order valence-corrected chi connectivity index (χ0v) is 15.0. The van der Waals surface area contributed by atoms with E-state index in [1.807, 2.05) is 66.7 Å². The molecular formula is C24H14ClFO. The van der Waals surface area contributed by atoms with Crippen molar-refractivity contribution in [3.63, 3.8) is 0 Å². The van der Waals surface area contributed by atoms with Crippen LogP contribution in [0.4, 0.5) is 4.39 Å². The third-order valence-electron chi connectivity index (χ3n) is 5.10. The van der Waals surface area contributed by atoms with Crippen LogP contribution in [-0.4, -0.2) is 5.11 Å².